The summed E-state index contributed by atoms with van der Waals surface area (Å²) in [6.07, 6.45) is 0. The van der Waals surface area contributed by atoms with Gasteiger partial charge in [-0.15, -0.1) is 11.6 Å². The number of anilines is 1. The summed E-state index contributed by atoms with van der Waals surface area (Å²) in [5.74, 6) is 0.771. The summed E-state index contributed by atoms with van der Waals surface area (Å²) in [7, 11) is 3.50. The Morgan fingerprint density at radius 3 is 2.69 bits per heavy atom. The van der Waals surface area contributed by atoms with Gasteiger partial charge < -0.3 is 9.64 Å². The first-order chi connectivity index (χ1) is 6.19. The van der Waals surface area contributed by atoms with Gasteiger partial charge in [0.25, 0.3) is 0 Å². The van der Waals surface area contributed by atoms with Crippen LogP contribution in [0.4, 0.5) is 5.69 Å². The highest BCUT2D eigenvalue weighted by molar-refractivity contribution is 6.31. The Balaban J connectivity index is 3.07. The molecule has 0 spiro atoms. The van der Waals surface area contributed by atoms with Gasteiger partial charge in [-0.1, -0.05) is 11.6 Å². The van der Waals surface area contributed by atoms with Crippen molar-refractivity contribution in [2.75, 3.05) is 25.1 Å². The monoisotopic (exact) mass is 219 g/mol. The second-order valence-corrected chi connectivity index (χ2v) is 3.31. The molecule has 0 aliphatic rings. The number of ether oxygens (including phenoxy) is 1. The van der Waals surface area contributed by atoms with Crippen molar-refractivity contribution < 1.29 is 4.74 Å². The minimum atomic E-state index is 0.400. The number of halogens is 2. The lowest BCUT2D eigenvalue weighted by molar-refractivity contribution is 0.415. The summed E-state index contributed by atoms with van der Waals surface area (Å²) >= 11 is 11.5. The van der Waals surface area contributed by atoms with Crippen LogP contribution in [0.3, 0.4) is 0 Å². The van der Waals surface area contributed by atoms with E-state index in [4.69, 9.17) is 27.9 Å². The lowest BCUT2D eigenvalue weighted by atomic mass is 10.3. The highest BCUT2D eigenvalue weighted by Crippen LogP contribution is 2.30. The topological polar surface area (TPSA) is 12.5 Å². The Morgan fingerprint density at radius 1 is 1.46 bits per heavy atom. The molecular weight excluding hydrogens is 209 g/mol. The van der Waals surface area contributed by atoms with Crippen LogP contribution >= 0.6 is 23.2 Å². The van der Waals surface area contributed by atoms with Gasteiger partial charge in [0, 0.05) is 12.1 Å². The summed E-state index contributed by atoms with van der Waals surface area (Å²) in [6.45, 7) is 0. The van der Waals surface area contributed by atoms with Crippen LogP contribution in [-0.4, -0.2) is 20.2 Å². The summed E-state index contributed by atoms with van der Waals surface area (Å²) in [6, 6.07) is 5.83. The Morgan fingerprint density at radius 2 is 2.15 bits per heavy atom. The Labute approximate surface area is 88.0 Å². The first-order valence-electron chi connectivity index (χ1n) is 3.79. The Kier molecular flexibility index (Phi) is 3.70. The minimum Gasteiger partial charge on any atom is -0.495 e. The summed E-state index contributed by atoms with van der Waals surface area (Å²) in [5, 5.41) is 0.674. The van der Waals surface area contributed by atoms with Crippen molar-refractivity contribution in [2.45, 2.75) is 0 Å². The third-order valence-electron chi connectivity index (χ3n) is 1.73. The third kappa shape index (κ3) is 2.42. The number of hydrogen-bond acceptors (Lipinski definition) is 2. The molecule has 0 N–H and O–H groups in total. The summed E-state index contributed by atoms with van der Waals surface area (Å²) < 4.78 is 5.16. The average molecular weight is 220 g/mol. The maximum atomic E-state index is 5.85. The number of rotatable bonds is 3. The third-order valence-corrected chi connectivity index (χ3v) is 2.33. The van der Waals surface area contributed by atoms with Crippen molar-refractivity contribution in [3.8, 4) is 5.75 Å². The lowest BCUT2D eigenvalue weighted by Gasteiger charge is -2.18. The number of benzene rings is 1. The van der Waals surface area contributed by atoms with Crippen molar-refractivity contribution >= 4 is 28.9 Å². The minimum absolute atomic E-state index is 0.400. The zero-order valence-electron chi connectivity index (χ0n) is 7.55. The average Bonchev–Trinajstić information content (AvgIpc) is 2.16. The number of hydrogen-bond donors (Lipinski definition) is 0. The molecule has 1 rings (SSSR count). The molecule has 0 unspecified atom stereocenters. The molecule has 2 nitrogen and oxygen atoms in total. The van der Waals surface area contributed by atoms with Gasteiger partial charge in [-0.25, -0.2) is 0 Å². The molecule has 0 aliphatic carbocycles. The van der Waals surface area contributed by atoms with Crippen LogP contribution in [0.5, 0.6) is 5.75 Å². The van der Waals surface area contributed by atoms with Crippen LogP contribution in [0.25, 0.3) is 0 Å². The van der Waals surface area contributed by atoms with E-state index < -0.39 is 0 Å². The second-order valence-electron chi connectivity index (χ2n) is 2.63. The van der Waals surface area contributed by atoms with Gasteiger partial charge in [-0.3, -0.25) is 0 Å². The van der Waals surface area contributed by atoms with E-state index in [1.54, 1.807) is 13.2 Å². The number of nitrogens with zero attached hydrogens (tertiary/aromatic N) is 1. The molecule has 0 saturated carbocycles. The molecule has 0 amide bonds. The molecule has 0 aliphatic heterocycles. The molecule has 0 fully saturated rings. The number of methoxy groups -OCH3 is 1. The van der Waals surface area contributed by atoms with Crippen LogP contribution in [0, 0.1) is 0 Å². The predicted octanol–water partition coefficient (Wildman–Crippen LogP) is 2.98. The van der Waals surface area contributed by atoms with E-state index in [-0.39, 0.29) is 0 Å². The van der Waals surface area contributed by atoms with Crippen LogP contribution in [-0.2, 0) is 0 Å². The lowest BCUT2D eigenvalue weighted by Crippen LogP contribution is -2.15. The fourth-order valence-corrected chi connectivity index (χ4v) is 1.32. The molecule has 0 bridgehead atoms. The zero-order valence-corrected chi connectivity index (χ0v) is 9.06. The van der Waals surface area contributed by atoms with E-state index in [1.807, 2.05) is 24.1 Å². The largest absolute Gasteiger partial charge is 0.495 e. The molecule has 0 atom stereocenters. The maximum Gasteiger partial charge on any atom is 0.142 e. The van der Waals surface area contributed by atoms with Gasteiger partial charge in [0.05, 0.1) is 18.8 Å². The Bertz CT molecular complexity index is 291. The van der Waals surface area contributed by atoms with E-state index in [2.05, 4.69) is 0 Å². The highest BCUT2D eigenvalue weighted by atomic mass is 35.5. The van der Waals surface area contributed by atoms with Crippen molar-refractivity contribution in [2.24, 2.45) is 0 Å². The first-order valence-corrected chi connectivity index (χ1v) is 4.71. The van der Waals surface area contributed by atoms with Crippen molar-refractivity contribution in [1.82, 2.24) is 0 Å². The predicted molar refractivity (Wildman–Crippen MR) is 57.1 cm³/mol. The quantitative estimate of drug-likeness (QED) is 0.573. The molecule has 4 heteroatoms. The molecule has 0 radical (unpaired) electrons. The smallest absolute Gasteiger partial charge is 0.142 e. The van der Waals surface area contributed by atoms with E-state index in [1.165, 1.54) is 0 Å². The first kappa shape index (κ1) is 10.5. The molecule has 13 heavy (non-hydrogen) atoms. The van der Waals surface area contributed by atoms with Crippen LogP contribution < -0.4 is 9.64 Å². The van der Waals surface area contributed by atoms with Crippen molar-refractivity contribution in [3.05, 3.63) is 23.2 Å². The van der Waals surface area contributed by atoms with E-state index in [0.29, 0.717) is 11.0 Å². The van der Waals surface area contributed by atoms with Crippen LogP contribution in [0.2, 0.25) is 5.02 Å². The van der Waals surface area contributed by atoms with Crippen LogP contribution in [0.1, 0.15) is 0 Å². The normalized spacial score (nSPS) is 9.85. The van der Waals surface area contributed by atoms with Gasteiger partial charge >= 0.3 is 0 Å². The fraction of sp³-hybridized carbons (Fsp3) is 0.333. The molecule has 0 aromatic heterocycles. The highest BCUT2D eigenvalue weighted by Gasteiger charge is 2.07. The SMILES string of the molecule is COc1ccc(Cl)cc1N(C)CCl. The zero-order chi connectivity index (χ0) is 9.84. The standard InChI is InChI=1S/C9H11Cl2NO/c1-12(6-10)8-5-7(11)3-4-9(8)13-2/h3-5H,6H2,1-2H3. The van der Waals surface area contributed by atoms with Gasteiger partial charge in [-0.2, -0.15) is 0 Å². The van der Waals surface area contributed by atoms with E-state index in [9.17, 15) is 0 Å². The van der Waals surface area contributed by atoms with E-state index in [0.717, 1.165) is 11.4 Å². The van der Waals surface area contributed by atoms with Crippen LogP contribution in [0.15, 0.2) is 18.2 Å². The Hall–Kier alpha value is -0.600. The van der Waals surface area contributed by atoms with Gasteiger partial charge in [-0.05, 0) is 18.2 Å². The van der Waals surface area contributed by atoms with Gasteiger partial charge in [0.1, 0.15) is 5.75 Å². The molecule has 1 aromatic rings. The second kappa shape index (κ2) is 4.58. The van der Waals surface area contributed by atoms with Gasteiger partial charge in [0.2, 0.25) is 0 Å². The van der Waals surface area contributed by atoms with E-state index >= 15 is 0 Å². The molecule has 0 heterocycles. The number of alkyl halides is 1. The van der Waals surface area contributed by atoms with Crippen molar-refractivity contribution in [1.29, 1.82) is 0 Å². The molecular formula is C9H11Cl2NO. The molecule has 0 saturated heterocycles. The van der Waals surface area contributed by atoms with Crippen molar-refractivity contribution in [3.63, 3.8) is 0 Å². The molecule has 1 aromatic carbocycles. The fourth-order valence-electron chi connectivity index (χ4n) is 1.03. The molecule has 72 valence electrons. The maximum absolute atomic E-state index is 5.85. The van der Waals surface area contributed by atoms with Gasteiger partial charge in [0.15, 0.2) is 0 Å². The summed E-state index contributed by atoms with van der Waals surface area (Å²) in [4.78, 5) is 1.85. The summed E-state index contributed by atoms with van der Waals surface area (Å²) in [5.41, 5.74) is 0.894.